The molecular weight excluding hydrogens is 380 g/mol. The quantitative estimate of drug-likeness (QED) is 0.381. The third-order valence-corrected chi connectivity index (χ3v) is 6.45. The minimum atomic E-state index is 0.152. The van der Waals surface area contributed by atoms with Gasteiger partial charge in [0.2, 0.25) is 0 Å². The molecular formula is C23H28N4OS. The van der Waals surface area contributed by atoms with E-state index in [1.54, 1.807) is 0 Å². The molecule has 29 heavy (non-hydrogen) atoms. The van der Waals surface area contributed by atoms with Crippen molar-refractivity contribution in [2.45, 2.75) is 64.2 Å². The molecule has 0 saturated heterocycles. The van der Waals surface area contributed by atoms with Crippen LogP contribution in [-0.2, 0) is 6.54 Å². The highest BCUT2D eigenvalue weighted by molar-refractivity contribution is 7.99. The highest BCUT2D eigenvalue weighted by Gasteiger charge is 2.30. The zero-order chi connectivity index (χ0) is 20.5. The van der Waals surface area contributed by atoms with Crippen LogP contribution >= 0.6 is 11.8 Å². The van der Waals surface area contributed by atoms with Crippen LogP contribution in [0.2, 0.25) is 0 Å². The molecule has 2 aromatic heterocycles. The summed E-state index contributed by atoms with van der Waals surface area (Å²) < 4.78 is 4.47. The maximum Gasteiger partial charge on any atom is 0.191 e. The summed E-state index contributed by atoms with van der Waals surface area (Å²) in [5.74, 6) is 1.91. The van der Waals surface area contributed by atoms with Crippen molar-refractivity contribution in [2.75, 3.05) is 5.75 Å². The molecule has 0 N–H and O–H groups in total. The molecule has 0 radical (unpaired) electrons. The maximum absolute atomic E-state index is 13.0. The van der Waals surface area contributed by atoms with Crippen molar-refractivity contribution in [1.29, 1.82) is 0 Å². The number of aryl methyl sites for hydroxylation is 1. The number of Topliss-reactive ketones (excluding diaryl/α,β-unsaturated/α-hetero) is 1. The van der Waals surface area contributed by atoms with E-state index in [1.807, 2.05) is 31.2 Å². The van der Waals surface area contributed by atoms with Crippen molar-refractivity contribution < 1.29 is 4.79 Å². The van der Waals surface area contributed by atoms with Gasteiger partial charge in [-0.25, -0.2) is 0 Å². The lowest BCUT2D eigenvalue weighted by atomic mass is 10.2. The molecule has 1 saturated carbocycles. The second kappa shape index (κ2) is 8.19. The number of hydrogen-bond acceptors (Lipinski definition) is 4. The lowest BCUT2D eigenvalue weighted by molar-refractivity contribution is 0.102. The van der Waals surface area contributed by atoms with Crippen LogP contribution in [0.5, 0.6) is 0 Å². The van der Waals surface area contributed by atoms with Crippen molar-refractivity contribution in [2.24, 2.45) is 0 Å². The van der Waals surface area contributed by atoms with Crippen LogP contribution in [0.1, 0.15) is 71.8 Å². The number of rotatable bonds is 8. The van der Waals surface area contributed by atoms with E-state index in [4.69, 9.17) is 0 Å². The molecule has 0 aliphatic heterocycles. The Labute approximate surface area is 176 Å². The first-order valence-electron chi connectivity index (χ1n) is 10.3. The molecule has 1 fully saturated rings. The number of carbonyl (C=O) groups is 1. The minimum Gasteiger partial charge on any atom is -0.344 e. The first-order chi connectivity index (χ1) is 14.0. The summed E-state index contributed by atoms with van der Waals surface area (Å²) in [5, 5.41) is 9.65. The third kappa shape index (κ3) is 4.17. The maximum atomic E-state index is 13.0. The number of nitrogens with zero attached hydrogens (tertiary/aromatic N) is 4. The van der Waals surface area contributed by atoms with Crippen molar-refractivity contribution in [1.82, 2.24) is 19.3 Å². The van der Waals surface area contributed by atoms with Gasteiger partial charge in [-0.05, 0) is 38.3 Å². The van der Waals surface area contributed by atoms with Crippen molar-refractivity contribution in [3.8, 4) is 0 Å². The first-order valence-corrected chi connectivity index (χ1v) is 11.3. The summed E-state index contributed by atoms with van der Waals surface area (Å²) in [5.41, 5.74) is 4.19. The number of aromatic nitrogens is 4. The average molecular weight is 409 g/mol. The summed E-state index contributed by atoms with van der Waals surface area (Å²) in [4.78, 5) is 13.0. The standard InChI is InChI=1S/C23H28N4OS/c1-15(2)22-24-25-23(27(22)19-10-11-19)29-14-21(28)20-12-16(3)26(17(20)4)13-18-8-6-5-7-9-18/h5-9,12,15,19H,10-11,13-14H2,1-4H3. The SMILES string of the molecule is Cc1cc(C(=O)CSc2nnc(C(C)C)n2C2CC2)c(C)n1Cc1ccccc1. The number of benzene rings is 1. The van der Waals surface area contributed by atoms with Crippen LogP contribution in [0.25, 0.3) is 0 Å². The molecule has 2 heterocycles. The molecule has 0 spiro atoms. The Kier molecular flexibility index (Phi) is 5.63. The third-order valence-electron chi connectivity index (χ3n) is 5.51. The van der Waals surface area contributed by atoms with Crippen molar-refractivity contribution in [3.05, 3.63) is 64.7 Å². The fourth-order valence-electron chi connectivity index (χ4n) is 3.76. The zero-order valence-electron chi connectivity index (χ0n) is 17.6. The molecule has 4 rings (SSSR count). The number of thioether (sulfide) groups is 1. The monoisotopic (exact) mass is 408 g/mol. The van der Waals surface area contributed by atoms with Crippen LogP contribution in [0.3, 0.4) is 0 Å². The predicted molar refractivity (Wildman–Crippen MR) is 117 cm³/mol. The van der Waals surface area contributed by atoms with Crippen LogP contribution in [0, 0.1) is 13.8 Å². The van der Waals surface area contributed by atoms with Crippen LogP contribution in [0.4, 0.5) is 0 Å². The molecule has 0 amide bonds. The van der Waals surface area contributed by atoms with E-state index in [2.05, 4.69) is 52.2 Å². The van der Waals surface area contributed by atoms with Crippen molar-refractivity contribution in [3.63, 3.8) is 0 Å². The smallest absolute Gasteiger partial charge is 0.191 e. The molecule has 3 aromatic rings. The number of ketones is 1. The Morgan fingerprint density at radius 1 is 1.17 bits per heavy atom. The van der Waals surface area contributed by atoms with Gasteiger partial charge in [-0.2, -0.15) is 0 Å². The summed E-state index contributed by atoms with van der Waals surface area (Å²) in [7, 11) is 0. The summed E-state index contributed by atoms with van der Waals surface area (Å²) >= 11 is 1.51. The van der Waals surface area contributed by atoms with Gasteiger partial charge in [0.05, 0.1) is 5.75 Å². The fraction of sp³-hybridized carbons (Fsp3) is 0.435. The lowest BCUT2D eigenvalue weighted by Gasteiger charge is -2.11. The van der Waals surface area contributed by atoms with E-state index in [-0.39, 0.29) is 5.78 Å². The molecule has 0 atom stereocenters. The average Bonchev–Trinajstić information content (AvgIpc) is 3.40. The van der Waals surface area contributed by atoms with Gasteiger partial charge in [0.1, 0.15) is 5.82 Å². The Morgan fingerprint density at radius 2 is 1.90 bits per heavy atom. The zero-order valence-corrected chi connectivity index (χ0v) is 18.4. The van der Waals surface area contributed by atoms with E-state index in [9.17, 15) is 4.79 Å². The van der Waals surface area contributed by atoms with Gasteiger partial charge in [0.25, 0.3) is 0 Å². The molecule has 1 aliphatic carbocycles. The summed E-state index contributed by atoms with van der Waals surface area (Å²) in [6, 6.07) is 12.9. The predicted octanol–water partition coefficient (Wildman–Crippen LogP) is 5.18. The topological polar surface area (TPSA) is 52.7 Å². The molecule has 0 bridgehead atoms. The highest BCUT2D eigenvalue weighted by atomic mass is 32.2. The molecule has 5 nitrogen and oxygen atoms in total. The van der Waals surface area contributed by atoms with E-state index in [0.717, 1.165) is 34.5 Å². The first kappa shape index (κ1) is 20.0. The van der Waals surface area contributed by atoms with Gasteiger partial charge in [-0.1, -0.05) is 55.9 Å². The molecule has 6 heteroatoms. The summed E-state index contributed by atoms with van der Waals surface area (Å²) in [6.45, 7) is 9.18. The van der Waals surface area contributed by atoms with Crippen LogP contribution < -0.4 is 0 Å². The molecule has 1 aliphatic rings. The van der Waals surface area contributed by atoms with E-state index in [0.29, 0.717) is 17.7 Å². The van der Waals surface area contributed by atoms with Gasteiger partial charge in [0, 0.05) is 35.5 Å². The molecule has 0 unspecified atom stereocenters. The fourth-order valence-corrected chi connectivity index (χ4v) is 4.65. The van der Waals surface area contributed by atoms with E-state index < -0.39 is 0 Å². The number of hydrogen-bond donors (Lipinski definition) is 0. The lowest BCUT2D eigenvalue weighted by Crippen LogP contribution is -2.09. The van der Waals surface area contributed by atoms with Gasteiger partial charge in [0.15, 0.2) is 10.9 Å². The second-order valence-corrected chi connectivity index (χ2v) is 9.11. The number of carbonyl (C=O) groups excluding carboxylic acids is 1. The van der Waals surface area contributed by atoms with E-state index >= 15 is 0 Å². The van der Waals surface area contributed by atoms with Crippen molar-refractivity contribution >= 4 is 17.5 Å². The molecule has 152 valence electrons. The normalized spacial score (nSPS) is 14.0. The largest absolute Gasteiger partial charge is 0.344 e. The Morgan fingerprint density at radius 3 is 2.55 bits per heavy atom. The minimum absolute atomic E-state index is 0.152. The Hall–Kier alpha value is -2.34. The second-order valence-electron chi connectivity index (χ2n) is 8.17. The van der Waals surface area contributed by atoms with Gasteiger partial charge in [-0.3, -0.25) is 4.79 Å². The van der Waals surface area contributed by atoms with Gasteiger partial charge in [-0.15, -0.1) is 10.2 Å². The Balaban J connectivity index is 1.49. The van der Waals surface area contributed by atoms with Gasteiger partial charge < -0.3 is 9.13 Å². The molecule has 1 aromatic carbocycles. The van der Waals surface area contributed by atoms with Gasteiger partial charge >= 0.3 is 0 Å². The summed E-state index contributed by atoms with van der Waals surface area (Å²) in [6.07, 6.45) is 2.36. The van der Waals surface area contributed by atoms with E-state index in [1.165, 1.54) is 30.2 Å². The van der Waals surface area contributed by atoms with Crippen LogP contribution in [-0.4, -0.2) is 30.9 Å². The van der Waals surface area contributed by atoms with Crippen LogP contribution in [0.15, 0.2) is 41.6 Å². The Bertz CT molecular complexity index is 1020. The highest BCUT2D eigenvalue weighted by Crippen LogP contribution is 2.40.